The van der Waals surface area contributed by atoms with E-state index in [-0.39, 0.29) is 24.0 Å². The summed E-state index contributed by atoms with van der Waals surface area (Å²) < 4.78 is 15.2. The fourth-order valence-electron chi connectivity index (χ4n) is 7.20. The standard InChI is InChI=1S/C40H26N2O2S/c1-3-7-34-27(5-1)29-19-23(9-13-35(29)43-34)24-10-14-36-30(20-24)31-22-26(11-15-37(31)44-36)40-41-18-17-33(42-40)25-12-16-39-32(21-25)28-6-2-4-8-38(28)45-39/h1-22,27,31,34,37H. The van der Waals surface area contributed by atoms with Crippen LogP contribution in [0.4, 0.5) is 0 Å². The predicted octanol–water partition coefficient (Wildman–Crippen LogP) is 9.65. The number of nitrogens with zero attached hydrogens (tertiary/aromatic N) is 2. The maximum Gasteiger partial charge on any atom is 0.159 e. The number of benzene rings is 4. The van der Waals surface area contributed by atoms with Gasteiger partial charge in [-0.15, -0.1) is 11.3 Å². The van der Waals surface area contributed by atoms with E-state index in [1.54, 1.807) is 0 Å². The SMILES string of the molecule is C1=CC2Oc3ccc(-c4ccc5c(c4)C4C=C(c6nccc(-c7ccc8sc9ccccc9c8c7)n6)C=CC4O5)cc3C2C=C1. The van der Waals surface area contributed by atoms with Crippen LogP contribution in [0.2, 0.25) is 0 Å². The summed E-state index contributed by atoms with van der Waals surface area (Å²) in [6, 6.07) is 30.4. The Morgan fingerprint density at radius 2 is 1.36 bits per heavy atom. The lowest BCUT2D eigenvalue weighted by atomic mass is 9.86. The minimum Gasteiger partial charge on any atom is -0.485 e. The van der Waals surface area contributed by atoms with Crippen molar-refractivity contribution in [2.24, 2.45) is 0 Å². The van der Waals surface area contributed by atoms with E-state index < -0.39 is 0 Å². The van der Waals surface area contributed by atoms with Crippen LogP contribution < -0.4 is 9.47 Å². The molecule has 45 heavy (non-hydrogen) atoms. The maximum atomic E-state index is 6.38. The number of aromatic nitrogens is 2. The largest absolute Gasteiger partial charge is 0.485 e. The second-order valence-corrected chi connectivity index (χ2v) is 13.1. The molecule has 4 aromatic carbocycles. The highest BCUT2D eigenvalue weighted by Crippen LogP contribution is 2.47. The van der Waals surface area contributed by atoms with Crippen molar-refractivity contribution >= 4 is 37.1 Å². The second-order valence-electron chi connectivity index (χ2n) is 12.0. The van der Waals surface area contributed by atoms with Gasteiger partial charge in [-0.25, -0.2) is 9.97 Å². The molecule has 0 spiro atoms. The number of ether oxygens (including phenoxy) is 2. The molecule has 2 aromatic heterocycles. The van der Waals surface area contributed by atoms with Crippen LogP contribution in [0, 0.1) is 0 Å². The second kappa shape index (κ2) is 9.62. The maximum absolute atomic E-state index is 6.38. The first-order valence-electron chi connectivity index (χ1n) is 15.4. The van der Waals surface area contributed by atoms with E-state index in [9.17, 15) is 0 Å². The van der Waals surface area contributed by atoms with E-state index in [1.165, 1.54) is 42.4 Å². The van der Waals surface area contributed by atoms with Crippen molar-refractivity contribution in [2.75, 3.05) is 0 Å². The Morgan fingerprint density at radius 3 is 2.22 bits per heavy atom. The molecule has 2 aliphatic carbocycles. The summed E-state index contributed by atoms with van der Waals surface area (Å²) in [5, 5.41) is 2.56. The fourth-order valence-corrected chi connectivity index (χ4v) is 8.29. The van der Waals surface area contributed by atoms with E-state index in [0.29, 0.717) is 0 Å². The third-order valence-electron chi connectivity index (χ3n) is 9.45. The van der Waals surface area contributed by atoms with Gasteiger partial charge in [0.15, 0.2) is 5.82 Å². The van der Waals surface area contributed by atoms with Crippen LogP contribution in [-0.4, -0.2) is 22.2 Å². The first-order valence-corrected chi connectivity index (χ1v) is 16.2. The predicted molar refractivity (Wildman–Crippen MR) is 182 cm³/mol. The van der Waals surface area contributed by atoms with E-state index in [2.05, 4.69) is 121 Å². The molecule has 2 aliphatic heterocycles. The van der Waals surface area contributed by atoms with Crippen molar-refractivity contribution < 1.29 is 9.47 Å². The summed E-state index contributed by atoms with van der Waals surface area (Å²) in [5.74, 6) is 3.00. The zero-order chi connectivity index (χ0) is 29.5. The molecule has 6 aromatic rings. The Kier molecular flexibility index (Phi) is 5.37. The Hall–Kier alpha value is -5.26. The van der Waals surface area contributed by atoms with Gasteiger partial charge < -0.3 is 9.47 Å². The van der Waals surface area contributed by atoms with E-state index >= 15 is 0 Å². The van der Waals surface area contributed by atoms with Crippen LogP contribution in [-0.2, 0) is 0 Å². The van der Waals surface area contributed by atoms with Gasteiger partial charge in [-0.2, -0.15) is 0 Å². The third-order valence-corrected chi connectivity index (χ3v) is 10.6. The molecule has 0 radical (unpaired) electrons. The first kappa shape index (κ1) is 25.1. The average molecular weight is 599 g/mol. The highest BCUT2D eigenvalue weighted by Gasteiger charge is 2.35. The number of fused-ring (bicyclic) bond motifs is 9. The van der Waals surface area contributed by atoms with Crippen LogP contribution in [0.5, 0.6) is 11.5 Å². The molecule has 0 amide bonds. The summed E-state index contributed by atoms with van der Waals surface area (Å²) in [4.78, 5) is 9.75. The molecule has 4 aliphatic rings. The summed E-state index contributed by atoms with van der Waals surface area (Å²) >= 11 is 1.83. The number of thiophene rings is 1. The molecular weight excluding hydrogens is 573 g/mol. The van der Waals surface area contributed by atoms with Crippen LogP contribution in [0.15, 0.2) is 134 Å². The van der Waals surface area contributed by atoms with Crippen molar-refractivity contribution in [3.05, 3.63) is 151 Å². The van der Waals surface area contributed by atoms with Crippen LogP contribution in [0.1, 0.15) is 28.8 Å². The van der Waals surface area contributed by atoms with E-state index in [1.807, 2.05) is 23.6 Å². The van der Waals surface area contributed by atoms with Crippen LogP contribution in [0.25, 0.3) is 48.1 Å². The monoisotopic (exact) mass is 598 g/mol. The quantitative estimate of drug-likeness (QED) is 0.203. The van der Waals surface area contributed by atoms with Gasteiger partial charge in [-0.1, -0.05) is 66.8 Å². The van der Waals surface area contributed by atoms with E-state index in [0.717, 1.165) is 34.2 Å². The summed E-state index contributed by atoms with van der Waals surface area (Å²) in [7, 11) is 0. The minimum absolute atomic E-state index is 0.0372. The van der Waals surface area contributed by atoms with Gasteiger partial charge in [0.1, 0.15) is 23.7 Å². The third kappa shape index (κ3) is 3.97. The topological polar surface area (TPSA) is 44.2 Å². The van der Waals surface area contributed by atoms with Crippen LogP contribution >= 0.6 is 11.3 Å². The fraction of sp³-hybridized carbons (Fsp3) is 0.100. The van der Waals surface area contributed by atoms with Gasteiger partial charge in [-0.3, -0.25) is 0 Å². The Bertz CT molecular complexity index is 2330. The van der Waals surface area contributed by atoms with Gasteiger partial charge >= 0.3 is 0 Å². The van der Waals surface area contributed by atoms with Crippen molar-refractivity contribution in [2.45, 2.75) is 24.0 Å². The molecule has 0 saturated carbocycles. The van der Waals surface area contributed by atoms with Crippen molar-refractivity contribution in [1.82, 2.24) is 9.97 Å². The average Bonchev–Trinajstić information content (AvgIpc) is 3.78. The molecule has 0 bridgehead atoms. The Labute approximate surface area is 264 Å². The molecule has 10 rings (SSSR count). The Morgan fingerprint density at radius 1 is 0.622 bits per heavy atom. The molecule has 4 heterocycles. The molecule has 0 fully saturated rings. The molecule has 4 unspecified atom stereocenters. The molecule has 5 heteroatoms. The lowest BCUT2D eigenvalue weighted by Crippen LogP contribution is -2.17. The van der Waals surface area contributed by atoms with Crippen molar-refractivity contribution in [3.63, 3.8) is 0 Å². The van der Waals surface area contributed by atoms with E-state index in [4.69, 9.17) is 19.4 Å². The lowest BCUT2D eigenvalue weighted by Gasteiger charge is -2.18. The number of allylic oxidation sites excluding steroid dienone is 4. The van der Waals surface area contributed by atoms with Gasteiger partial charge in [0.25, 0.3) is 0 Å². The number of hydrogen-bond acceptors (Lipinski definition) is 5. The normalized spacial score (nSPS) is 22.0. The van der Waals surface area contributed by atoms with Gasteiger partial charge in [0, 0.05) is 60.5 Å². The first-order chi connectivity index (χ1) is 22.2. The Balaban J connectivity index is 0.985. The van der Waals surface area contributed by atoms with Crippen LogP contribution in [0.3, 0.4) is 0 Å². The van der Waals surface area contributed by atoms with Gasteiger partial charge in [-0.05, 0) is 71.8 Å². The number of hydrogen-bond donors (Lipinski definition) is 0. The number of rotatable bonds is 3. The summed E-state index contributed by atoms with van der Waals surface area (Å²) in [6.07, 6.45) is 17.0. The molecule has 4 atom stereocenters. The van der Waals surface area contributed by atoms with Crippen molar-refractivity contribution in [1.29, 1.82) is 0 Å². The zero-order valence-corrected chi connectivity index (χ0v) is 24.9. The zero-order valence-electron chi connectivity index (χ0n) is 24.1. The molecule has 0 saturated heterocycles. The van der Waals surface area contributed by atoms with Crippen molar-refractivity contribution in [3.8, 4) is 33.9 Å². The smallest absolute Gasteiger partial charge is 0.159 e. The lowest BCUT2D eigenvalue weighted by molar-refractivity contribution is 0.269. The molecule has 214 valence electrons. The molecule has 0 N–H and O–H groups in total. The van der Waals surface area contributed by atoms with Gasteiger partial charge in [0.05, 0.1) is 5.69 Å². The molecule has 4 nitrogen and oxygen atoms in total. The highest BCUT2D eigenvalue weighted by molar-refractivity contribution is 7.25. The summed E-state index contributed by atoms with van der Waals surface area (Å²) in [6.45, 7) is 0. The van der Waals surface area contributed by atoms with Gasteiger partial charge in [0.2, 0.25) is 0 Å². The molecular formula is C40H26N2O2S. The minimum atomic E-state index is -0.0372. The highest BCUT2D eigenvalue weighted by atomic mass is 32.1. The summed E-state index contributed by atoms with van der Waals surface area (Å²) in [5.41, 5.74) is 7.84.